The summed E-state index contributed by atoms with van der Waals surface area (Å²) in [6, 6.07) is 3.67. The van der Waals surface area contributed by atoms with Gasteiger partial charge in [0.2, 0.25) is 0 Å². The Hall–Kier alpha value is -2.08. The Morgan fingerprint density at radius 2 is 2.16 bits per heavy atom. The summed E-state index contributed by atoms with van der Waals surface area (Å²) in [5.41, 5.74) is 7.78. The minimum Gasteiger partial charge on any atom is -0.360 e. The van der Waals surface area contributed by atoms with E-state index in [0.717, 1.165) is 17.1 Å². The largest absolute Gasteiger partial charge is 0.360 e. The van der Waals surface area contributed by atoms with E-state index in [0.29, 0.717) is 24.5 Å². The number of hydrogen-bond acceptors (Lipinski definition) is 4. The number of aryl methyl sites for hydroxylation is 2. The molecule has 6 nitrogen and oxygen atoms in total. The lowest BCUT2D eigenvalue weighted by Gasteiger charge is -2.05. The molecule has 0 radical (unpaired) electrons. The molecule has 19 heavy (non-hydrogen) atoms. The molecule has 6 heteroatoms. The summed E-state index contributed by atoms with van der Waals surface area (Å²) in [5.74, 6) is 1.30. The van der Waals surface area contributed by atoms with Crippen LogP contribution in [0.15, 0.2) is 16.7 Å². The Balaban J connectivity index is 2.37. The van der Waals surface area contributed by atoms with E-state index in [9.17, 15) is 4.79 Å². The molecule has 2 heterocycles. The number of nitrogens with one attached hydrogen (secondary N) is 1. The van der Waals surface area contributed by atoms with Crippen molar-refractivity contribution in [1.29, 1.82) is 0 Å². The van der Waals surface area contributed by atoms with Crippen LogP contribution in [0.5, 0.6) is 0 Å². The second-order valence-electron chi connectivity index (χ2n) is 4.46. The fourth-order valence-electron chi connectivity index (χ4n) is 2.08. The number of nitrogens with two attached hydrogens (primary N) is 1. The first kappa shape index (κ1) is 13.4. The first-order valence-corrected chi connectivity index (χ1v) is 6.15. The van der Waals surface area contributed by atoms with Gasteiger partial charge in [-0.05, 0) is 26.8 Å². The van der Waals surface area contributed by atoms with E-state index in [1.807, 2.05) is 37.5 Å². The molecular weight excluding hydrogens is 244 g/mol. The standard InChI is InChI=1S/C13H18N4O2/c1-8-6-11(13(18)15-5-4-14)10(3)17(8)12-7-9(2)19-16-12/h6-7H,4-5,14H2,1-3H3,(H,15,18). The number of rotatable bonds is 4. The van der Waals surface area contributed by atoms with Crippen LogP contribution in [0.1, 0.15) is 27.5 Å². The highest BCUT2D eigenvalue weighted by atomic mass is 16.5. The first-order chi connectivity index (χ1) is 9.04. The summed E-state index contributed by atoms with van der Waals surface area (Å²) >= 11 is 0. The van der Waals surface area contributed by atoms with Crippen molar-refractivity contribution in [3.63, 3.8) is 0 Å². The molecule has 0 unspecified atom stereocenters. The second kappa shape index (κ2) is 5.27. The molecule has 0 aromatic carbocycles. The van der Waals surface area contributed by atoms with Gasteiger partial charge in [-0.3, -0.25) is 9.36 Å². The highest BCUT2D eigenvalue weighted by molar-refractivity contribution is 5.95. The van der Waals surface area contributed by atoms with Crippen molar-refractivity contribution in [2.45, 2.75) is 20.8 Å². The van der Waals surface area contributed by atoms with Gasteiger partial charge in [0.25, 0.3) is 5.91 Å². The molecule has 0 aliphatic heterocycles. The number of hydrogen-bond donors (Lipinski definition) is 2. The quantitative estimate of drug-likeness (QED) is 0.863. The Morgan fingerprint density at radius 1 is 1.42 bits per heavy atom. The predicted molar refractivity (Wildman–Crippen MR) is 71.4 cm³/mol. The Morgan fingerprint density at radius 3 is 2.74 bits per heavy atom. The average Bonchev–Trinajstić information content (AvgIpc) is 2.90. The number of carbonyl (C=O) groups is 1. The van der Waals surface area contributed by atoms with Crippen molar-refractivity contribution < 1.29 is 9.32 Å². The zero-order valence-electron chi connectivity index (χ0n) is 11.4. The third-order valence-electron chi connectivity index (χ3n) is 2.95. The van der Waals surface area contributed by atoms with Crippen LogP contribution >= 0.6 is 0 Å². The maximum Gasteiger partial charge on any atom is 0.253 e. The van der Waals surface area contributed by atoms with Gasteiger partial charge in [-0.15, -0.1) is 0 Å². The average molecular weight is 262 g/mol. The van der Waals surface area contributed by atoms with E-state index in [4.69, 9.17) is 10.3 Å². The van der Waals surface area contributed by atoms with E-state index in [-0.39, 0.29) is 5.91 Å². The van der Waals surface area contributed by atoms with Crippen LogP contribution in [0.4, 0.5) is 0 Å². The molecule has 0 aliphatic carbocycles. The SMILES string of the molecule is Cc1cc(-n2c(C)cc(C(=O)NCCN)c2C)no1. The van der Waals surface area contributed by atoms with Crippen molar-refractivity contribution in [2.75, 3.05) is 13.1 Å². The Labute approximate surface area is 111 Å². The first-order valence-electron chi connectivity index (χ1n) is 6.15. The summed E-state index contributed by atoms with van der Waals surface area (Å²) in [5, 5.41) is 6.74. The molecular formula is C13H18N4O2. The van der Waals surface area contributed by atoms with Crippen LogP contribution in [0.3, 0.4) is 0 Å². The van der Waals surface area contributed by atoms with Gasteiger partial charge in [0.1, 0.15) is 5.76 Å². The maximum atomic E-state index is 12.0. The number of aromatic nitrogens is 2. The normalized spacial score (nSPS) is 10.7. The fraction of sp³-hybridized carbons (Fsp3) is 0.385. The third-order valence-corrected chi connectivity index (χ3v) is 2.95. The molecule has 0 saturated heterocycles. The van der Waals surface area contributed by atoms with Crippen molar-refractivity contribution >= 4 is 5.91 Å². The van der Waals surface area contributed by atoms with E-state index in [1.54, 1.807) is 0 Å². The summed E-state index contributed by atoms with van der Waals surface area (Å²) in [7, 11) is 0. The molecule has 1 amide bonds. The molecule has 0 fully saturated rings. The van der Waals surface area contributed by atoms with E-state index in [1.165, 1.54) is 0 Å². The fourth-order valence-corrected chi connectivity index (χ4v) is 2.08. The molecule has 2 aromatic heterocycles. The maximum absolute atomic E-state index is 12.0. The van der Waals surface area contributed by atoms with Crippen LogP contribution < -0.4 is 11.1 Å². The van der Waals surface area contributed by atoms with Crippen molar-refractivity contribution in [3.8, 4) is 5.82 Å². The number of amides is 1. The van der Waals surface area contributed by atoms with Crippen molar-refractivity contribution in [3.05, 3.63) is 34.8 Å². The van der Waals surface area contributed by atoms with Gasteiger partial charge < -0.3 is 15.6 Å². The zero-order chi connectivity index (χ0) is 14.0. The molecule has 2 aromatic rings. The second-order valence-corrected chi connectivity index (χ2v) is 4.46. The smallest absolute Gasteiger partial charge is 0.253 e. The van der Waals surface area contributed by atoms with Crippen LogP contribution in [0.2, 0.25) is 0 Å². The van der Waals surface area contributed by atoms with Crippen LogP contribution in [0, 0.1) is 20.8 Å². The molecule has 0 atom stereocenters. The number of carbonyl (C=O) groups excluding carboxylic acids is 1. The molecule has 0 aliphatic rings. The molecule has 3 N–H and O–H groups in total. The van der Waals surface area contributed by atoms with E-state index < -0.39 is 0 Å². The van der Waals surface area contributed by atoms with Gasteiger partial charge in [0.15, 0.2) is 5.82 Å². The summed E-state index contributed by atoms with van der Waals surface area (Å²) in [6.07, 6.45) is 0. The highest BCUT2D eigenvalue weighted by Crippen LogP contribution is 2.20. The molecule has 2 rings (SSSR count). The van der Waals surface area contributed by atoms with Gasteiger partial charge in [0, 0.05) is 30.5 Å². The van der Waals surface area contributed by atoms with Crippen molar-refractivity contribution in [2.24, 2.45) is 5.73 Å². The lowest BCUT2D eigenvalue weighted by atomic mass is 10.2. The lowest BCUT2D eigenvalue weighted by molar-refractivity contribution is 0.0954. The topological polar surface area (TPSA) is 86.1 Å². The summed E-state index contributed by atoms with van der Waals surface area (Å²) in [4.78, 5) is 12.0. The summed E-state index contributed by atoms with van der Waals surface area (Å²) < 4.78 is 6.97. The minimum atomic E-state index is -0.120. The molecule has 0 saturated carbocycles. The van der Waals surface area contributed by atoms with Gasteiger partial charge in [0.05, 0.1) is 5.56 Å². The minimum absolute atomic E-state index is 0.120. The van der Waals surface area contributed by atoms with E-state index in [2.05, 4.69) is 10.5 Å². The Kier molecular flexibility index (Phi) is 3.71. The van der Waals surface area contributed by atoms with Crippen molar-refractivity contribution in [1.82, 2.24) is 15.0 Å². The molecule has 102 valence electrons. The Bertz CT molecular complexity index is 598. The third kappa shape index (κ3) is 2.53. The van der Waals surface area contributed by atoms with Gasteiger partial charge >= 0.3 is 0 Å². The monoisotopic (exact) mass is 262 g/mol. The van der Waals surface area contributed by atoms with Gasteiger partial charge in [-0.25, -0.2) is 0 Å². The van der Waals surface area contributed by atoms with Crippen LogP contribution in [-0.2, 0) is 0 Å². The lowest BCUT2D eigenvalue weighted by Crippen LogP contribution is -2.29. The highest BCUT2D eigenvalue weighted by Gasteiger charge is 2.17. The molecule has 0 spiro atoms. The number of nitrogens with zero attached hydrogens (tertiary/aromatic N) is 2. The van der Waals surface area contributed by atoms with Gasteiger partial charge in [-0.2, -0.15) is 0 Å². The predicted octanol–water partition coefficient (Wildman–Crippen LogP) is 1.08. The van der Waals surface area contributed by atoms with Crippen LogP contribution in [0.25, 0.3) is 5.82 Å². The van der Waals surface area contributed by atoms with Crippen LogP contribution in [-0.4, -0.2) is 28.7 Å². The van der Waals surface area contributed by atoms with Gasteiger partial charge in [-0.1, -0.05) is 5.16 Å². The van der Waals surface area contributed by atoms with E-state index >= 15 is 0 Å². The summed E-state index contributed by atoms with van der Waals surface area (Å²) in [6.45, 7) is 6.53. The molecule has 0 bridgehead atoms. The zero-order valence-corrected chi connectivity index (χ0v) is 11.4.